The Labute approximate surface area is 144 Å². The summed E-state index contributed by atoms with van der Waals surface area (Å²) in [5, 5.41) is 0. The zero-order valence-electron chi connectivity index (χ0n) is 15.6. The van der Waals surface area contributed by atoms with Crippen molar-refractivity contribution in [3.63, 3.8) is 0 Å². The van der Waals surface area contributed by atoms with Crippen LogP contribution in [0.3, 0.4) is 0 Å². The molecule has 1 heterocycles. The number of carbonyl (C=O) groups excluding carboxylic acids is 2. The normalized spacial score (nSPS) is 36.4. The molecule has 0 saturated carbocycles. The molecular weight excluding hydrogens is 308 g/mol. The first kappa shape index (κ1) is 19.0. The Kier molecular flexibility index (Phi) is 5.74. The van der Waals surface area contributed by atoms with Gasteiger partial charge in [0.15, 0.2) is 0 Å². The first-order valence-corrected chi connectivity index (χ1v) is 8.82. The topological polar surface area (TPSA) is 65.1 Å². The standard InChI is InChI=1S/C19H30O5/c1-11(2)16-15(22-13(4)20)10-12(3)8-7-9-19(6)18(24-19)17(16)23-14(5)21/h8,11,15-18H,7,9-10H2,1-6H3/t15-,16+,17+,18-,19-/m0/s1. The molecule has 0 radical (unpaired) electrons. The van der Waals surface area contributed by atoms with Gasteiger partial charge in [0.1, 0.15) is 18.3 Å². The first-order chi connectivity index (χ1) is 11.1. The van der Waals surface area contributed by atoms with Crippen LogP contribution in [0.1, 0.15) is 60.8 Å². The molecular formula is C19H30O5. The molecule has 0 aromatic rings. The summed E-state index contributed by atoms with van der Waals surface area (Å²) >= 11 is 0. The van der Waals surface area contributed by atoms with E-state index < -0.39 is 6.10 Å². The van der Waals surface area contributed by atoms with Crippen LogP contribution in [0.15, 0.2) is 11.6 Å². The van der Waals surface area contributed by atoms with E-state index in [4.69, 9.17) is 14.2 Å². The number of hydrogen-bond donors (Lipinski definition) is 0. The molecule has 1 saturated heterocycles. The fourth-order valence-electron chi connectivity index (χ4n) is 3.90. The van der Waals surface area contributed by atoms with Gasteiger partial charge in [-0.15, -0.1) is 0 Å². The highest BCUT2D eigenvalue weighted by atomic mass is 16.6. The van der Waals surface area contributed by atoms with Gasteiger partial charge in [-0.05, 0) is 32.6 Å². The fourth-order valence-corrected chi connectivity index (χ4v) is 3.90. The highest BCUT2D eigenvalue weighted by Crippen LogP contribution is 2.48. The highest BCUT2D eigenvalue weighted by molar-refractivity contribution is 5.67. The molecule has 136 valence electrons. The van der Waals surface area contributed by atoms with E-state index in [-0.39, 0.29) is 41.6 Å². The maximum Gasteiger partial charge on any atom is 0.303 e. The summed E-state index contributed by atoms with van der Waals surface area (Å²) in [6.45, 7) is 11.1. The molecule has 5 heteroatoms. The summed E-state index contributed by atoms with van der Waals surface area (Å²) in [5.74, 6) is -0.559. The van der Waals surface area contributed by atoms with Gasteiger partial charge in [0.2, 0.25) is 0 Å². The molecule has 0 N–H and O–H groups in total. The van der Waals surface area contributed by atoms with E-state index >= 15 is 0 Å². The molecule has 1 aliphatic carbocycles. The number of allylic oxidation sites excluding steroid dienone is 1. The molecule has 2 aliphatic rings. The van der Waals surface area contributed by atoms with Gasteiger partial charge in [-0.25, -0.2) is 0 Å². The van der Waals surface area contributed by atoms with Crippen molar-refractivity contribution in [3.05, 3.63) is 11.6 Å². The Morgan fingerprint density at radius 1 is 1.25 bits per heavy atom. The van der Waals surface area contributed by atoms with Crippen LogP contribution in [0.4, 0.5) is 0 Å². The van der Waals surface area contributed by atoms with Gasteiger partial charge in [0.05, 0.1) is 5.60 Å². The van der Waals surface area contributed by atoms with Crippen LogP contribution in [-0.4, -0.2) is 35.9 Å². The van der Waals surface area contributed by atoms with E-state index in [9.17, 15) is 9.59 Å². The van der Waals surface area contributed by atoms with E-state index in [1.807, 2.05) is 0 Å². The average Bonchev–Trinajstić information content (AvgIpc) is 3.07. The maximum absolute atomic E-state index is 11.7. The van der Waals surface area contributed by atoms with Gasteiger partial charge in [-0.3, -0.25) is 9.59 Å². The van der Waals surface area contributed by atoms with Crippen LogP contribution in [0.5, 0.6) is 0 Å². The van der Waals surface area contributed by atoms with Crippen LogP contribution < -0.4 is 0 Å². The van der Waals surface area contributed by atoms with Crippen molar-refractivity contribution < 1.29 is 23.8 Å². The molecule has 5 atom stereocenters. The molecule has 1 aliphatic heterocycles. The van der Waals surface area contributed by atoms with E-state index in [0.29, 0.717) is 6.42 Å². The van der Waals surface area contributed by atoms with Crippen LogP contribution in [0.2, 0.25) is 0 Å². The third-order valence-corrected chi connectivity index (χ3v) is 5.09. The molecule has 0 aromatic carbocycles. The van der Waals surface area contributed by atoms with Gasteiger partial charge in [-0.1, -0.05) is 25.5 Å². The second-order valence-corrected chi connectivity index (χ2v) is 7.69. The Morgan fingerprint density at radius 2 is 1.88 bits per heavy atom. The predicted octanol–water partition coefficient (Wildman–Crippen LogP) is 3.41. The van der Waals surface area contributed by atoms with Crippen LogP contribution in [0.25, 0.3) is 0 Å². The van der Waals surface area contributed by atoms with E-state index in [0.717, 1.165) is 12.8 Å². The van der Waals surface area contributed by atoms with Crippen molar-refractivity contribution in [2.45, 2.75) is 84.7 Å². The third-order valence-electron chi connectivity index (χ3n) is 5.09. The zero-order chi connectivity index (χ0) is 18.1. The summed E-state index contributed by atoms with van der Waals surface area (Å²) in [5.41, 5.74) is 0.915. The third kappa shape index (κ3) is 4.38. The van der Waals surface area contributed by atoms with Gasteiger partial charge in [-0.2, -0.15) is 0 Å². The molecule has 0 unspecified atom stereocenters. The monoisotopic (exact) mass is 338 g/mol. The number of rotatable bonds is 3. The summed E-state index contributed by atoms with van der Waals surface area (Å²) in [6.07, 6.45) is 3.80. The lowest BCUT2D eigenvalue weighted by atomic mass is 9.78. The summed E-state index contributed by atoms with van der Waals surface area (Å²) in [6, 6.07) is 0. The molecule has 0 aromatic heterocycles. The van der Waals surface area contributed by atoms with E-state index in [1.54, 1.807) is 0 Å². The van der Waals surface area contributed by atoms with E-state index in [2.05, 4.69) is 33.8 Å². The quantitative estimate of drug-likeness (QED) is 0.448. The lowest BCUT2D eigenvalue weighted by Gasteiger charge is -2.36. The summed E-state index contributed by atoms with van der Waals surface area (Å²) in [7, 11) is 0. The molecule has 5 nitrogen and oxygen atoms in total. The largest absolute Gasteiger partial charge is 0.462 e. The second kappa shape index (κ2) is 7.26. The van der Waals surface area contributed by atoms with Gasteiger partial charge >= 0.3 is 11.9 Å². The first-order valence-electron chi connectivity index (χ1n) is 8.82. The lowest BCUT2D eigenvalue weighted by molar-refractivity contribution is -0.163. The van der Waals surface area contributed by atoms with Crippen molar-refractivity contribution in [3.8, 4) is 0 Å². The van der Waals surface area contributed by atoms with Crippen LogP contribution >= 0.6 is 0 Å². The van der Waals surface area contributed by atoms with E-state index in [1.165, 1.54) is 19.4 Å². The number of esters is 2. The Balaban J connectivity index is 2.40. The Bertz CT molecular complexity index is 524. The molecule has 2 rings (SSSR count). The van der Waals surface area contributed by atoms with Crippen molar-refractivity contribution in [1.29, 1.82) is 0 Å². The SMILES string of the molecule is CC(=O)O[C@@H]1[C@H](C(C)C)[C@@H](OC(C)=O)CC(C)=CCC[C@]2(C)O[C@@H]12. The highest BCUT2D eigenvalue weighted by Gasteiger charge is 2.60. The molecule has 24 heavy (non-hydrogen) atoms. The minimum atomic E-state index is -0.400. The number of fused-ring (bicyclic) bond motifs is 1. The van der Waals surface area contributed by atoms with Gasteiger partial charge < -0.3 is 14.2 Å². The van der Waals surface area contributed by atoms with Crippen molar-refractivity contribution >= 4 is 11.9 Å². The maximum atomic E-state index is 11.7. The lowest BCUT2D eigenvalue weighted by Crippen LogP contribution is -2.45. The number of ether oxygens (including phenoxy) is 3. The van der Waals surface area contributed by atoms with Crippen LogP contribution in [-0.2, 0) is 23.8 Å². The predicted molar refractivity (Wildman–Crippen MR) is 90.3 cm³/mol. The summed E-state index contributed by atoms with van der Waals surface area (Å²) in [4.78, 5) is 23.3. The van der Waals surface area contributed by atoms with Crippen molar-refractivity contribution in [1.82, 2.24) is 0 Å². The summed E-state index contributed by atoms with van der Waals surface area (Å²) < 4.78 is 17.3. The zero-order valence-corrected chi connectivity index (χ0v) is 15.6. The minimum absolute atomic E-state index is 0.105. The number of carbonyl (C=O) groups is 2. The smallest absolute Gasteiger partial charge is 0.303 e. The van der Waals surface area contributed by atoms with Gasteiger partial charge in [0, 0.05) is 26.2 Å². The van der Waals surface area contributed by atoms with Crippen molar-refractivity contribution in [2.24, 2.45) is 11.8 Å². The van der Waals surface area contributed by atoms with Gasteiger partial charge in [0.25, 0.3) is 0 Å². The fraction of sp³-hybridized carbons (Fsp3) is 0.789. The van der Waals surface area contributed by atoms with Crippen LogP contribution in [0, 0.1) is 11.8 Å². The molecule has 0 amide bonds. The molecule has 0 spiro atoms. The Hall–Kier alpha value is -1.36. The Morgan fingerprint density at radius 3 is 2.42 bits per heavy atom. The second-order valence-electron chi connectivity index (χ2n) is 7.69. The van der Waals surface area contributed by atoms with Crippen molar-refractivity contribution in [2.75, 3.05) is 0 Å². The molecule has 0 bridgehead atoms. The molecule has 1 fully saturated rings. The number of epoxide rings is 1. The average molecular weight is 338 g/mol. The number of hydrogen-bond acceptors (Lipinski definition) is 5. The minimum Gasteiger partial charge on any atom is -0.462 e.